The Morgan fingerprint density at radius 2 is 1.57 bits per heavy atom. The SMILES string of the molecule is C1=CCC(c2cc3ccc4c(c3c3ccccc23)C2C=CC(c3ccccc3)=CC2N4C2=CCCC(C3=C4CCC=CC4CC=C3)=C2)C=C1. The van der Waals surface area contributed by atoms with E-state index in [-0.39, 0.29) is 12.0 Å². The third-order valence-corrected chi connectivity index (χ3v) is 11.8. The van der Waals surface area contributed by atoms with E-state index < -0.39 is 0 Å². The van der Waals surface area contributed by atoms with E-state index in [9.17, 15) is 0 Å². The Balaban J connectivity index is 1.17. The molecule has 238 valence electrons. The van der Waals surface area contributed by atoms with Gasteiger partial charge in [-0.25, -0.2) is 0 Å². The van der Waals surface area contributed by atoms with Gasteiger partial charge in [-0.3, -0.25) is 0 Å². The second kappa shape index (κ2) is 11.8. The molecule has 1 heteroatoms. The van der Waals surface area contributed by atoms with Gasteiger partial charge in [0.25, 0.3) is 0 Å². The molecule has 4 aromatic carbocycles. The van der Waals surface area contributed by atoms with Crippen LogP contribution in [0.25, 0.3) is 27.1 Å². The zero-order valence-electron chi connectivity index (χ0n) is 27.9. The first-order valence-corrected chi connectivity index (χ1v) is 18.4. The maximum atomic E-state index is 2.69. The molecule has 0 saturated carbocycles. The van der Waals surface area contributed by atoms with Crippen LogP contribution in [0.15, 0.2) is 174 Å². The summed E-state index contributed by atoms with van der Waals surface area (Å²) in [6.45, 7) is 0. The Morgan fingerprint density at radius 3 is 2.47 bits per heavy atom. The van der Waals surface area contributed by atoms with E-state index in [2.05, 4.69) is 157 Å². The smallest absolute Gasteiger partial charge is 0.0635 e. The van der Waals surface area contributed by atoms with Crippen LogP contribution in [0.1, 0.15) is 67.1 Å². The van der Waals surface area contributed by atoms with Crippen LogP contribution in [0.2, 0.25) is 0 Å². The van der Waals surface area contributed by atoms with Crippen molar-refractivity contribution in [1.82, 2.24) is 0 Å². The molecule has 0 fully saturated rings. The normalized spacial score (nSPS) is 25.3. The highest BCUT2D eigenvalue weighted by atomic mass is 15.2. The molecule has 6 aliphatic rings. The summed E-state index contributed by atoms with van der Waals surface area (Å²) in [7, 11) is 0. The highest BCUT2D eigenvalue weighted by Gasteiger charge is 2.41. The van der Waals surface area contributed by atoms with E-state index in [4.69, 9.17) is 0 Å². The quantitative estimate of drug-likeness (QED) is 0.160. The van der Waals surface area contributed by atoms with Crippen LogP contribution >= 0.6 is 0 Å². The van der Waals surface area contributed by atoms with E-state index in [1.54, 1.807) is 5.57 Å². The highest BCUT2D eigenvalue weighted by molar-refractivity contribution is 6.13. The van der Waals surface area contributed by atoms with Crippen LogP contribution in [0.4, 0.5) is 5.69 Å². The van der Waals surface area contributed by atoms with Crippen molar-refractivity contribution in [2.75, 3.05) is 4.90 Å². The van der Waals surface area contributed by atoms with E-state index in [1.165, 1.54) is 72.8 Å². The lowest BCUT2D eigenvalue weighted by molar-refractivity contribution is 0.673. The van der Waals surface area contributed by atoms with Crippen LogP contribution in [-0.4, -0.2) is 6.04 Å². The summed E-state index contributed by atoms with van der Waals surface area (Å²) in [6, 6.07) is 27.6. The Kier molecular flexibility index (Phi) is 6.93. The lowest BCUT2D eigenvalue weighted by Gasteiger charge is -2.33. The Labute approximate surface area is 290 Å². The third-order valence-electron chi connectivity index (χ3n) is 11.8. The molecule has 49 heavy (non-hydrogen) atoms. The minimum Gasteiger partial charge on any atom is -0.334 e. The predicted molar refractivity (Wildman–Crippen MR) is 208 cm³/mol. The average Bonchev–Trinajstić information content (AvgIpc) is 3.52. The summed E-state index contributed by atoms with van der Waals surface area (Å²) in [5, 5.41) is 5.54. The summed E-state index contributed by atoms with van der Waals surface area (Å²) in [4.78, 5) is 2.69. The fourth-order valence-electron chi connectivity index (χ4n) is 9.55. The molecule has 4 aromatic rings. The molecule has 5 aliphatic carbocycles. The maximum Gasteiger partial charge on any atom is 0.0635 e. The molecule has 0 saturated heterocycles. The standard InChI is InChI=1S/C48H41N/c1-3-13-32(14-4-1)35-25-27-43-46(31-35)49(38-20-11-19-36(29-38)40-24-12-18-33-17-7-8-21-39(33)40)45-28-26-37-30-44(34-15-5-2-6-16-34)41-22-9-10-23-42(41)47(37)48(43)45/h1-7,9-10,12-15,17,20,22-31,33-34,43,46H,8,11,16,18-19,21H2. The van der Waals surface area contributed by atoms with E-state index in [0.29, 0.717) is 11.8 Å². The summed E-state index contributed by atoms with van der Waals surface area (Å²) < 4.78 is 0. The van der Waals surface area contributed by atoms with Crippen molar-refractivity contribution in [3.8, 4) is 0 Å². The van der Waals surface area contributed by atoms with Crippen molar-refractivity contribution >= 4 is 32.8 Å². The van der Waals surface area contributed by atoms with Crippen LogP contribution in [0.3, 0.4) is 0 Å². The maximum absolute atomic E-state index is 2.69. The number of benzene rings is 4. The first-order chi connectivity index (χ1) is 24.3. The number of hydrogen-bond donors (Lipinski definition) is 0. The van der Waals surface area contributed by atoms with E-state index >= 15 is 0 Å². The number of hydrogen-bond acceptors (Lipinski definition) is 1. The largest absolute Gasteiger partial charge is 0.334 e. The first-order valence-electron chi connectivity index (χ1n) is 18.4. The summed E-state index contributed by atoms with van der Waals surface area (Å²) >= 11 is 0. The number of anilines is 1. The molecule has 4 unspecified atom stereocenters. The molecule has 0 aromatic heterocycles. The van der Waals surface area contributed by atoms with Crippen LogP contribution in [-0.2, 0) is 0 Å². The van der Waals surface area contributed by atoms with Crippen LogP contribution in [0.5, 0.6) is 0 Å². The van der Waals surface area contributed by atoms with Gasteiger partial charge in [-0.2, -0.15) is 0 Å². The van der Waals surface area contributed by atoms with Gasteiger partial charge in [-0.15, -0.1) is 0 Å². The Hall–Kier alpha value is -5.14. The molecule has 0 bridgehead atoms. The van der Waals surface area contributed by atoms with Gasteiger partial charge in [0.1, 0.15) is 0 Å². The van der Waals surface area contributed by atoms with Crippen molar-refractivity contribution in [3.63, 3.8) is 0 Å². The summed E-state index contributed by atoms with van der Waals surface area (Å²) in [5.41, 5.74) is 12.9. The van der Waals surface area contributed by atoms with Gasteiger partial charge in [0.05, 0.1) is 6.04 Å². The highest BCUT2D eigenvalue weighted by Crippen LogP contribution is 2.53. The minimum atomic E-state index is 0.206. The van der Waals surface area contributed by atoms with Crippen molar-refractivity contribution in [2.45, 2.75) is 56.4 Å². The second-order valence-electron chi connectivity index (χ2n) is 14.5. The van der Waals surface area contributed by atoms with Crippen molar-refractivity contribution in [1.29, 1.82) is 0 Å². The summed E-state index contributed by atoms with van der Waals surface area (Å²) in [5.74, 6) is 1.25. The molecule has 1 aliphatic heterocycles. The second-order valence-corrected chi connectivity index (χ2v) is 14.5. The van der Waals surface area contributed by atoms with E-state index in [0.717, 1.165) is 32.1 Å². The number of nitrogens with zero attached hydrogens (tertiary/aromatic N) is 1. The minimum absolute atomic E-state index is 0.206. The summed E-state index contributed by atoms with van der Waals surface area (Å²) in [6.07, 6.45) is 38.0. The van der Waals surface area contributed by atoms with Gasteiger partial charge in [0.15, 0.2) is 0 Å². The molecule has 1 nitrogen and oxygen atoms in total. The zero-order valence-corrected chi connectivity index (χ0v) is 27.9. The molecule has 10 rings (SSSR count). The molecule has 1 heterocycles. The van der Waals surface area contributed by atoms with Gasteiger partial charge in [0.2, 0.25) is 0 Å². The van der Waals surface area contributed by atoms with Crippen LogP contribution in [0, 0.1) is 5.92 Å². The first kappa shape index (κ1) is 28.8. The lowest BCUT2D eigenvalue weighted by Crippen LogP contribution is -2.32. The molecular formula is C48H41N. The number of allylic oxidation sites excluding steroid dienone is 15. The lowest BCUT2D eigenvalue weighted by atomic mass is 9.77. The van der Waals surface area contributed by atoms with Gasteiger partial charge >= 0.3 is 0 Å². The van der Waals surface area contributed by atoms with Gasteiger partial charge in [0, 0.05) is 29.1 Å². The Morgan fingerprint density at radius 1 is 0.694 bits per heavy atom. The Bertz CT molecular complexity index is 2300. The number of fused-ring (bicyclic) bond motifs is 8. The average molecular weight is 632 g/mol. The van der Waals surface area contributed by atoms with Crippen molar-refractivity contribution in [3.05, 3.63) is 191 Å². The molecular weight excluding hydrogens is 591 g/mol. The fourth-order valence-corrected chi connectivity index (χ4v) is 9.55. The van der Waals surface area contributed by atoms with Crippen molar-refractivity contribution < 1.29 is 0 Å². The van der Waals surface area contributed by atoms with E-state index in [1.807, 2.05) is 0 Å². The fraction of sp³-hybridized carbons (Fsp3) is 0.208. The van der Waals surface area contributed by atoms with Crippen molar-refractivity contribution in [2.24, 2.45) is 5.92 Å². The van der Waals surface area contributed by atoms with Gasteiger partial charge in [-0.1, -0.05) is 139 Å². The van der Waals surface area contributed by atoms with Gasteiger partial charge < -0.3 is 4.90 Å². The predicted octanol–water partition coefficient (Wildman–Crippen LogP) is 12.3. The molecule has 0 N–H and O–H groups in total. The molecule has 0 radical (unpaired) electrons. The third kappa shape index (κ3) is 4.74. The molecule has 0 spiro atoms. The molecule has 0 amide bonds. The monoisotopic (exact) mass is 631 g/mol. The zero-order chi connectivity index (χ0) is 32.3. The van der Waals surface area contributed by atoms with Crippen LogP contribution < -0.4 is 4.90 Å². The van der Waals surface area contributed by atoms with Gasteiger partial charge in [-0.05, 0) is 112 Å². The number of rotatable bonds is 4. The topological polar surface area (TPSA) is 3.24 Å². The molecule has 4 atom stereocenters.